The highest BCUT2D eigenvalue weighted by Gasteiger charge is 2.21. The van der Waals surface area contributed by atoms with Crippen molar-refractivity contribution in [2.45, 2.75) is 26.8 Å². The number of nitrogens with zero attached hydrogens (tertiary/aromatic N) is 2. The van der Waals surface area contributed by atoms with Crippen molar-refractivity contribution in [3.8, 4) is 6.07 Å². The van der Waals surface area contributed by atoms with Gasteiger partial charge in [0.1, 0.15) is 17.6 Å². The molecule has 0 saturated carbocycles. The zero-order valence-electron chi connectivity index (χ0n) is 16.9. The van der Waals surface area contributed by atoms with Gasteiger partial charge in [-0.25, -0.2) is 0 Å². The Hall–Kier alpha value is -3.21. The van der Waals surface area contributed by atoms with Gasteiger partial charge in [0, 0.05) is 21.3 Å². The molecule has 7 nitrogen and oxygen atoms in total. The lowest BCUT2D eigenvalue weighted by Crippen LogP contribution is -2.23. The Balaban J connectivity index is 1.69. The fourth-order valence-electron chi connectivity index (χ4n) is 3.10. The molecule has 0 atom stereocenters. The van der Waals surface area contributed by atoms with Crippen LogP contribution in [-0.4, -0.2) is 23.1 Å². The van der Waals surface area contributed by atoms with E-state index in [-0.39, 0.29) is 6.42 Å². The molecule has 1 amide bonds. The van der Waals surface area contributed by atoms with Crippen LogP contribution in [0.2, 0.25) is 10.0 Å². The minimum atomic E-state index is -0.649. The molecule has 0 unspecified atom stereocenters. The lowest BCUT2D eigenvalue weighted by atomic mass is 10.1. The average molecular weight is 460 g/mol. The summed E-state index contributed by atoms with van der Waals surface area (Å²) in [5.41, 5.74) is 2.33. The molecule has 0 aliphatic rings. The summed E-state index contributed by atoms with van der Waals surface area (Å²) in [5, 5.41) is 12.9. The minimum absolute atomic E-state index is 0.164. The van der Waals surface area contributed by atoms with Crippen LogP contribution in [0, 0.1) is 25.2 Å². The maximum absolute atomic E-state index is 12.5. The van der Waals surface area contributed by atoms with E-state index in [9.17, 15) is 14.9 Å². The number of nitriles is 1. The first-order valence-corrected chi connectivity index (χ1v) is 10.1. The number of carbonyl (C=O) groups is 2. The number of anilines is 1. The van der Waals surface area contributed by atoms with Crippen LogP contribution >= 0.6 is 23.2 Å². The Morgan fingerprint density at radius 2 is 1.90 bits per heavy atom. The largest absolute Gasteiger partial charge is 0.467 e. The third-order valence-electron chi connectivity index (χ3n) is 4.84. The van der Waals surface area contributed by atoms with Crippen molar-refractivity contribution >= 4 is 40.9 Å². The number of nitrogens with one attached hydrogen (secondary N) is 1. The Kier molecular flexibility index (Phi) is 7.06. The van der Waals surface area contributed by atoms with E-state index in [0.717, 1.165) is 11.3 Å². The molecule has 0 radical (unpaired) electrons. The molecule has 0 spiro atoms. The first-order valence-electron chi connectivity index (χ1n) is 9.32. The van der Waals surface area contributed by atoms with E-state index in [1.54, 1.807) is 48.1 Å². The molecule has 3 aromatic rings. The zero-order chi connectivity index (χ0) is 22.5. The van der Waals surface area contributed by atoms with Crippen LogP contribution in [-0.2, 0) is 27.3 Å². The summed E-state index contributed by atoms with van der Waals surface area (Å²) in [7, 11) is 0. The molecule has 1 aromatic carbocycles. The molecule has 0 bridgehead atoms. The fraction of sp³-hybridized carbons (Fsp3) is 0.227. The van der Waals surface area contributed by atoms with E-state index in [4.69, 9.17) is 32.4 Å². The van der Waals surface area contributed by atoms with Gasteiger partial charge in [-0.2, -0.15) is 5.26 Å². The predicted molar refractivity (Wildman–Crippen MR) is 116 cm³/mol. The lowest BCUT2D eigenvalue weighted by Gasteiger charge is -2.12. The number of esters is 1. The Labute approximate surface area is 189 Å². The molecular weight excluding hydrogens is 441 g/mol. The van der Waals surface area contributed by atoms with Gasteiger partial charge in [0.25, 0.3) is 5.91 Å². The lowest BCUT2D eigenvalue weighted by molar-refractivity contribution is -0.146. The number of benzene rings is 1. The van der Waals surface area contributed by atoms with Crippen molar-refractivity contribution in [1.29, 1.82) is 5.26 Å². The van der Waals surface area contributed by atoms with Crippen LogP contribution < -0.4 is 5.32 Å². The molecule has 3 rings (SSSR count). The monoisotopic (exact) mass is 459 g/mol. The average Bonchev–Trinajstić information content (AvgIpc) is 3.32. The highest BCUT2D eigenvalue weighted by molar-refractivity contribution is 6.36. The Bertz CT molecular complexity index is 1140. The van der Waals surface area contributed by atoms with Crippen LogP contribution in [0.4, 0.5) is 5.82 Å². The summed E-state index contributed by atoms with van der Waals surface area (Å²) in [4.78, 5) is 24.6. The van der Waals surface area contributed by atoms with Crippen LogP contribution in [0.5, 0.6) is 0 Å². The van der Waals surface area contributed by atoms with Crippen LogP contribution in [0.25, 0.3) is 0 Å². The molecule has 9 heteroatoms. The zero-order valence-corrected chi connectivity index (χ0v) is 18.4. The second kappa shape index (κ2) is 9.73. The molecular formula is C22H19Cl2N3O4. The van der Waals surface area contributed by atoms with Crippen molar-refractivity contribution in [3.05, 3.63) is 74.8 Å². The van der Waals surface area contributed by atoms with E-state index in [1.807, 2.05) is 6.92 Å². The molecule has 160 valence electrons. The maximum atomic E-state index is 12.5. The third-order valence-corrected chi connectivity index (χ3v) is 5.55. The standard InChI is InChI=1S/C22H19Cl2N3O4/c1-13-14(2)27(11-15-5-4-8-30-15)22(17(13)10-25)26-20(28)12-31-21(29)9-16-18(23)6-3-7-19(16)24/h3-8H,9,11-12H2,1-2H3,(H,26,28). The van der Waals surface area contributed by atoms with Crippen molar-refractivity contribution < 1.29 is 18.7 Å². The maximum Gasteiger partial charge on any atom is 0.310 e. The van der Waals surface area contributed by atoms with Gasteiger partial charge >= 0.3 is 5.97 Å². The highest BCUT2D eigenvalue weighted by atomic mass is 35.5. The van der Waals surface area contributed by atoms with E-state index in [2.05, 4.69) is 11.4 Å². The molecule has 2 heterocycles. The number of halogens is 2. The molecule has 2 aromatic heterocycles. The smallest absolute Gasteiger partial charge is 0.310 e. The van der Waals surface area contributed by atoms with Gasteiger partial charge in [0.15, 0.2) is 6.61 Å². The number of carbonyl (C=O) groups excluding carboxylic acids is 2. The second-order valence-electron chi connectivity index (χ2n) is 6.80. The quantitative estimate of drug-likeness (QED) is 0.518. The van der Waals surface area contributed by atoms with E-state index >= 15 is 0 Å². The van der Waals surface area contributed by atoms with Crippen LogP contribution in [0.15, 0.2) is 41.0 Å². The van der Waals surface area contributed by atoms with Crippen molar-refractivity contribution in [2.75, 3.05) is 11.9 Å². The van der Waals surface area contributed by atoms with Crippen molar-refractivity contribution in [2.24, 2.45) is 0 Å². The molecule has 0 aliphatic carbocycles. The summed E-state index contributed by atoms with van der Waals surface area (Å²) in [6.07, 6.45) is 1.39. The minimum Gasteiger partial charge on any atom is -0.467 e. The van der Waals surface area contributed by atoms with Gasteiger partial charge in [-0.05, 0) is 43.7 Å². The van der Waals surface area contributed by atoms with Crippen LogP contribution in [0.3, 0.4) is 0 Å². The van der Waals surface area contributed by atoms with Gasteiger partial charge in [-0.1, -0.05) is 29.3 Å². The van der Waals surface area contributed by atoms with Crippen molar-refractivity contribution in [3.63, 3.8) is 0 Å². The number of hydrogen-bond donors (Lipinski definition) is 1. The van der Waals surface area contributed by atoms with Gasteiger partial charge in [0.2, 0.25) is 0 Å². The number of aromatic nitrogens is 1. The summed E-state index contributed by atoms with van der Waals surface area (Å²) in [6, 6.07) is 10.6. The summed E-state index contributed by atoms with van der Waals surface area (Å²) in [6.45, 7) is 3.47. The van der Waals surface area contributed by atoms with Gasteiger partial charge in [-0.3, -0.25) is 9.59 Å². The summed E-state index contributed by atoms with van der Waals surface area (Å²) >= 11 is 12.1. The van der Waals surface area contributed by atoms with Gasteiger partial charge in [-0.15, -0.1) is 0 Å². The predicted octanol–water partition coefficient (Wildman–Crippen LogP) is 4.65. The summed E-state index contributed by atoms with van der Waals surface area (Å²) in [5.74, 6) is -0.234. The number of rotatable bonds is 7. The van der Waals surface area contributed by atoms with Gasteiger partial charge in [0.05, 0.1) is 24.8 Å². The van der Waals surface area contributed by atoms with Crippen LogP contribution in [0.1, 0.15) is 28.1 Å². The molecule has 0 saturated heterocycles. The summed E-state index contributed by atoms with van der Waals surface area (Å²) < 4.78 is 12.2. The SMILES string of the molecule is Cc1c(C#N)c(NC(=O)COC(=O)Cc2c(Cl)cccc2Cl)n(Cc2ccco2)c1C. The molecule has 1 N–H and O–H groups in total. The van der Waals surface area contributed by atoms with E-state index in [1.165, 1.54) is 0 Å². The third kappa shape index (κ3) is 5.10. The topological polar surface area (TPSA) is 97.3 Å². The fourth-order valence-corrected chi connectivity index (χ4v) is 3.63. The Morgan fingerprint density at radius 3 is 2.52 bits per heavy atom. The molecule has 0 aliphatic heterocycles. The Morgan fingerprint density at radius 1 is 1.19 bits per heavy atom. The first kappa shape index (κ1) is 22.5. The first-order chi connectivity index (χ1) is 14.8. The van der Waals surface area contributed by atoms with E-state index in [0.29, 0.717) is 39.3 Å². The highest BCUT2D eigenvalue weighted by Crippen LogP contribution is 2.28. The number of ether oxygens (including phenoxy) is 1. The second-order valence-corrected chi connectivity index (χ2v) is 7.61. The molecule has 0 fully saturated rings. The normalized spacial score (nSPS) is 10.5. The van der Waals surface area contributed by atoms with E-state index < -0.39 is 18.5 Å². The molecule has 31 heavy (non-hydrogen) atoms. The number of amides is 1. The number of hydrogen-bond acceptors (Lipinski definition) is 5. The number of furan rings is 1. The van der Waals surface area contributed by atoms with Gasteiger partial charge < -0.3 is 19.0 Å². The van der Waals surface area contributed by atoms with Crippen molar-refractivity contribution in [1.82, 2.24) is 4.57 Å².